The lowest BCUT2D eigenvalue weighted by atomic mass is 10.1. The maximum absolute atomic E-state index is 12.3. The first kappa shape index (κ1) is 16.4. The molecule has 1 saturated heterocycles. The predicted molar refractivity (Wildman–Crippen MR) is 79.1 cm³/mol. The second-order valence-electron chi connectivity index (χ2n) is 5.34. The molecule has 5 heteroatoms. The van der Waals surface area contributed by atoms with Crippen LogP contribution in [0.2, 0.25) is 0 Å². The summed E-state index contributed by atoms with van der Waals surface area (Å²) in [5.41, 5.74) is 5.71. The third kappa shape index (κ3) is 4.16. The van der Waals surface area contributed by atoms with E-state index in [1.54, 1.807) is 0 Å². The second kappa shape index (κ2) is 7.82. The Hall–Kier alpha value is -0.650. The fraction of sp³-hybridized carbons (Fsp3) is 0.929. The molecule has 5 nitrogen and oxygen atoms in total. The molecule has 1 aliphatic heterocycles. The van der Waals surface area contributed by atoms with E-state index < -0.39 is 0 Å². The second-order valence-corrected chi connectivity index (χ2v) is 5.34. The molecule has 0 aromatic heterocycles. The zero-order valence-electron chi connectivity index (χ0n) is 12.9. The van der Waals surface area contributed by atoms with Crippen LogP contribution in [0.25, 0.3) is 0 Å². The molecule has 19 heavy (non-hydrogen) atoms. The molecule has 2 atom stereocenters. The Morgan fingerprint density at radius 2 is 1.58 bits per heavy atom. The molecule has 1 rings (SSSR count). The van der Waals surface area contributed by atoms with E-state index in [2.05, 4.69) is 16.7 Å². The number of carbonyl (C=O) groups excluding carboxylic acids is 1. The minimum atomic E-state index is -0.00441. The predicted octanol–water partition coefficient (Wildman–Crippen LogP) is 0.208. The number of hydrogen-bond acceptors (Lipinski definition) is 4. The number of hydrogen-bond donors (Lipinski definition) is 1. The molecule has 1 fully saturated rings. The van der Waals surface area contributed by atoms with Gasteiger partial charge in [0.1, 0.15) is 0 Å². The summed E-state index contributed by atoms with van der Waals surface area (Å²) in [7, 11) is 0. The molecule has 2 N–H and O–H groups in total. The highest BCUT2D eigenvalue weighted by Crippen LogP contribution is 2.11. The molecule has 1 aliphatic rings. The quantitative estimate of drug-likeness (QED) is 0.749. The summed E-state index contributed by atoms with van der Waals surface area (Å²) in [5.74, 6) is 0.255. The SMILES string of the molecule is CCN(CC)C(=O)C(C)N1CCN(C(C)CN)CC1. The van der Waals surface area contributed by atoms with Crippen LogP contribution in [0, 0.1) is 0 Å². The highest BCUT2D eigenvalue weighted by Gasteiger charge is 2.28. The highest BCUT2D eigenvalue weighted by atomic mass is 16.2. The summed E-state index contributed by atoms with van der Waals surface area (Å²) in [6, 6.07) is 0.436. The van der Waals surface area contributed by atoms with Gasteiger partial charge in [0.15, 0.2) is 0 Å². The molecule has 0 radical (unpaired) electrons. The van der Waals surface area contributed by atoms with Crippen molar-refractivity contribution in [2.24, 2.45) is 5.73 Å². The van der Waals surface area contributed by atoms with Crippen molar-refractivity contribution in [1.29, 1.82) is 0 Å². The molecule has 112 valence electrons. The first-order valence-corrected chi connectivity index (χ1v) is 7.52. The molecule has 0 aromatic rings. The molecule has 1 amide bonds. The Labute approximate surface area is 117 Å². The molecule has 0 saturated carbocycles. The van der Waals surface area contributed by atoms with Crippen molar-refractivity contribution in [2.75, 3.05) is 45.8 Å². The number of nitrogens with two attached hydrogens (primary N) is 1. The van der Waals surface area contributed by atoms with E-state index in [4.69, 9.17) is 5.73 Å². The van der Waals surface area contributed by atoms with Gasteiger partial charge in [-0.1, -0.05) is 0 Å². The summed E-state index contributed by atoms with van der Waals surface area (Å²) < 4.78 is 0. The zero-order chi connectivity index (χ0) is 14.4. The normalized spacial score (nSPS) is 21.1. The monoisotopic (exact) mass is 270 g/mol. The summed E-state index contributed by atoms with van der Waals surface area (Å²) >= 11 is 0. The maximum atomic E-state index is 12.3. The minimum absolute atomic E-state index is 0.00441. The van der Waals surface area contributed by atoms with E-state index in [1.165, 1.54) is 0 Å². The fourth-order valence-corrected chi connectivity index (χ4v) is 2.67. The van der Waals surface area contributed by atoms with Crippen LogP contribution >= 0.6 is 0 Å². The molecule has 0 spiro atoms. The third-order valence-corrected chi connectivity index (χ3v) is 4.29. The zero-order valence-corrected chi connectivity index (χ0v) is 12.9. The van der Waals surface area contributed by atoms with Crippen LogP contribution in [0.5, 0.6) is 0 Å². The van der Waals surface area contributed by atoms with Crippen LogP contribution in [0.1, 0.15) is 27.7 Å². The maximum Gasteiger partial charge on any atom is 0.239 e. The van der Waals surface area contributed by atoms with Gasteiger partial charge >= 0.3 is 0 Å². The first-order chi connectivity index (χ1) is 9.04. The van der Waals surface area contributed by atoms with Crippen molar-refractivity contribution < 1.29 is 4.79 Å². The Morgan fingerprint density at radius 1 is 1.11 bits per heavy atom. The Bertz CT molecular complexity index is 273. The molecule has 0 aromatic carbocycles. The van der Waals surface area contributed by atoms with Crippen LogP contribution in [0.4, 0.5) is 0 Å². The Morgan fingerprint density at radius 3 is 2.00 bits per heavy atom. The van der Waals surface area contributed by atoms with Crippen LogP contribution in [0.15, 0.2) is 0 Å². The molecular weight excluding hydrogens is 240 g/mol. The van der Waals surface area contributed by atoms with Gasteiger partial charge in [0, 0.05) is 51.9 Å². The highest BCUT2D eigenvalue weighted by molar-refractivity contribution is 5.81. The van der Waals surface area contributed by atoms with Gasteiger partial charge in [0.25, 0.3) is 0 Å². The van der Waals surface area contributed by atoms with E-state index in [0.29, 0.717) is 12.6 Å². The van der Waals surface area contributed by atoms with Crippen molar-refractivity contribution >= 4 is 5.91 Å². The number of likely N-dealkylation sites (N-methyl/N-ethyl adjacent to an activating group) is 1. The third-order valence-electron chi connectivity index (χ3n) is 4.29. The Balaban J connectivity index is 2.48. The van der Waals surface area contributed by atoms with E-state index in [9.17, 15) is 4.79 Å². The fourth-order valence-electron chi connectivity index (χ4n) is 2.67. The van der Waals surface area contributed by atoms with E-state index >= 15 is 0 Å². The van der Waals surface area contributed by atoms with Crippen molar-refractivity contribution in [3.63, 3.8) is 0 Å². The largest absolute Gasteiger partial charge is 0.342 e. The molecule has 2 unspecified atom stereocenters. The van der Waals surface area contributed by atoms with Crippen LogP contribution < -0.4 is 5.73 Å². The summed E-state index contributed by atoms with van der Waals surface area (Å²) in [6.07, 6.45) is 0. The smallest absolute Gasteiger partial charge is 0.239 e. The minimum Gasteiger partial charge on any atom is -0.342 e. The number of carbonyl (C=O) groups is 1. The number of nitrogens with zero attached hydrogens (tertiary/aromatic N) is 3. The van der Waals surface area contributed by atoms with E-state index in [0.717, 1.165) is 39.3 Å². The number of amides is 1. The lowest BCUT2D eigenvalue weighted by Crippen LogP contribution is -2.56. The summed E-state index contributed by atoms with van der Waals surface area (Å²) in [4.78, 5) is 18.9. The van der Waals surface area contributed by atoms with Crippen LogP contribution in [-0.2, 0) is 4.79 Å². The van der Waals surface area contributed by atoms with Gasteiger partial charge in [-0.25, -0.2) is 0 Å². The van der Waals surface area contributed by atoms with Crippen molar-refractivity contribution in [3.8, 4) is 0 Å². The van der Waals surface area contributed by atoms with Crippen molar-refractivity contribution in [3.05, 3.63) is 0 Å². The number of piperazine rings is 1. The van der Waals surface area contributed by atoms with Crippen LogP contribution in [0.3, 0.4) is 0 Å². The average molecular weight is 270 g/mol. The van der Waals surface area contributed by atoms with Gasteiger partial charge in [-0.15, -0.1) is 0 Å². The molecule has 1 heterocycles. The van der Waals surface area contributed by atoms with Crippen LogP contribution in [-0.4, -0.2) is 78.5 Å². The summed E-state index contributed by atoms with van der Waals surface area (Å²) in [5, 5.41) is 0. The average Bonchev–Trinajstić information content (AvgIpc) is 2.47. The summed E-state index contributed by atoms with van der Waals surface area (Å²) in [6.45, 7) is 14.5. The molecule has 0 aliphatic carbocycles. The van der Waals surface area contributed by atoms with Gasteiger partial charge < -0.3 is 10.6 Å². The van der Waals surface area contributed by atoms with E-state index in [1.807, 2.05) is 25.7 Å². The van der Waals surface area contributed by atoms with Gasteiger partial charge in [0.05, 0.1) is 6.04 Å². The Kier molecular flexibility index (Phi) is 6.75. The standard InChI is InChI=1S/C14H30N4O/c1-5-16(6-2)14(19)13(4)18-9-7-17(8-10-18)12(3)11-15/h12-13H,5-11,15H2,1-4H3. The van der Waals surface area contributed by atoms with Gasteiger partial charge in [0.2, 0.25) is 5.91 Å². The van der Waals surface area contributed by atoms with E-state index in [-0.39, 0.29) is 11.9 Å². The first-order valence-electron chi connectivity index (χ1n) is 7.52. The van der Waals surface area contributed by atoms with Crippen molar-refractivity contribution in [1.82, 2.24) is 14.7 Å². The topological polar surface area (TPSA) is 52.8 Å². The van der Waals surface area contributed by atoms with Gasteiger partial charge in [-0.2, -0.15) is 0 Å². The molecule has 0 bridgehead atoms. The number of rotatable bonds is 6. The lowest BCUT2D eigenvalue weighted by Gasteiger charge is -2.40. The van der Waals surface area contributed by atoms with Gasteiger partial charge in [-0.05, 0) is 27.7 Å². The lowest BCUT2D eigenvalue weighted by molar-refractivity contribution is -0.136. The molecular formula is C14H30N4O. The van der Waals surface area contributed by atoms with Gasteiger partial charge in [-0.3, -0.25) is 14.6 Å². The van der Waals surface area contributed by atoms with Crippen molar-refractivity contribution in [2.45, 2.75) is 39.8 Å².